The maximum Gasteiger partial charge on any atom is 0.243 e. The van der Waals surface area contributed by atoms with Crippen LogP contribution in [0, 0.1) is 0 Å². The average molecular weight is 404 g/mol. The molecular weight excluding hydrogens is 378 g/mol. The number of ether oxygens (including phenoxy) is 1. The van der Waals surface area contributed by atoms with Crippen molar-refractivity contribution in [2.45, 2.75) is 17.9 Å². The van der Waals surface area contributed by atoms with Gasteiger partial charge in [0, 0.05) is 26.6 Å². The number of methoxy groups -OCH3 is 1. The average Bonchev–Trinajstić information content (AvgIpc) is 2.68. The third-order valence-electron chi connectivity index (χ3n) is 4.81. The molecule has 0 aromatic heterocycles. The second-order valence-electron chi connectivity index (χ2n) is 6.85. The van der Waals surface area contributed by atoms with E-state index < -0.39 is 10.0 Å². The number of piperazine rings is 1. The van der Waals surface area contributed by atoms with Gasteiger partial charge in [0.1, 0.15) is 5.75 Å². The number of carbonyl (C=O) groups excluding carboxylic acids is 1. The van der Waals surface area contributed by atoms with Gasteiger partial charge >= 0.3 is 0 Å². The standard InChI is InChI=1S/C20H25N3O4S/c1-15(24)21-18-13-17(9-10-20(18)27-3)28(25,26)23-12-11-22(2)14-19(23)16-7-5-4-6-8-16/h4-10,13,19H,11-12,14H2,1-3H3,(H,21,24)/t19-/m1/s1. The van der Waals surface area contributed by atoms with E-state index in [0.717, 1.165) is 5.56 Å². The lowest BCUT2D eigenvalue weighted by atomic mass is 10.1. The highest BCUT2D eigenvalue weighted by atomic mass is 32.2. The zero-order valence-electron chi connectivity index (χ0n) is 16.3. The van der Waals surface area contributed by atoms with Gasteiger partial charge in [0.15, 0.2) is 0 Å². The zero-order chi connectivity index (χ0) is 20.3. The van der Waals surface area contributed by atoms with E-state index in [1.807, 2.05) is 37.4 Å². The van der Waals surface area contributed by atoms with Crippen molar-refractivity contribution in [3.63, 3.8) is 0 Å². The van der Waals surface area contributed by atoms with E-state index in [4.69, 9.17) is 4.74 Å². The molecule has 1 aliphatic rings. The first kappa shape index (κ1) is 20.3. The highest BCUT2D eigenvalue weighted by Gasteiger charge is 2.36. The first-order valence-corrected chi connectivity index (χ1v) is 10.5. The molecule has 1 fully saturated rings. The molecule has 0 saturated carbocycles. The number of nitrogens with zero attached hydrogens (tertiary/aromatic N) is 2. The van der Waals surface area contributed by atoms with Crippen LogP contribution in [-0.4, -0.2) is 57.3 Å². The van der Waals surface area contributed by atoms with Gasteiger partial charge < -0.3 is 15.0 Å². The van der Waals surface area contributed by atoms with E-state index in [1.54, 1.807) is 10.4 Å². The lowest BCUT2D eigenvalue weighted by molar-refractivity contribution is -0.114. The number of likely N-dealkylation sites (N-methyl/N-ethyl adjacent to an activating group) is 1. The Hall–Kier alpha value is -2.42. The van der Waals surface area contributed by atoms with Crippen LogP contribution in [0.4, 0.5) is 5.69 Å². The Morgan fingerprint density at radius 1 is 1.14 bits per heavy atom. The molecule has 1 N–H and O–H groups in total. The summed E-state index contributed by atoms with van der Waals surface area (Å²) in [5.41, 5.74) is 1.29. The van der Waals surface area contributed by atoms with Crippen molar-refractivity contribution in [2.24, 2.45) is 0 Å². The number of hydrogen-bond acceptors (Lipinski definition) is 5. The van der Waals surface area contributed by atoms with Gasteiger partial charge in [-0.1, -0.05) is 30.3 Å². The van der Waals surface area contributed by atoms with Crippen LogP contribution in [0.15, 0.2) is 53.4 Å². The molecule has 2 aromatic rings. The van der Waals surface area contributed by atoms with Gasteiger partial charge in [-0.05, 0) is 30.8 Å². The van der Waals surface area contributed by atoms with Crippen molar-refractivity contribution in [1.82, 2.24) is 9.21 Å². The molecular formula is C20H25N3O4S. The van der Waals surface area contributed by atoms with Gasteiger partial charge in [0.25, 0.3) is 0 Å². The maximum absolute atomic E-state index is 13.5. The van der Waals surface area contributed by atoms with Gasteiger partial charge in [-0.3, -0.25) is 4.79 Å². The summed E-state index contributed by atoms with van der Waals surface area (Å²) in [6, 6.07) is 13.9. The summed E-state index contributed by atoms with van der Waals surface area (Å²) in [6.07, 6.45) is 0. The number of hydrogen-bond donors (Lipinski definition) is 1. The predicted octanol–water partition coefficient (Wildman–Crippen LogP) is 2.33. The van der Waals surface area contributed by atoms with Crippen molar-refractivity contribution in [3.05, 3.63) is 54.1 Å². The number of rotatable bonds is 5. The van der Waals surface area contributed by atoms with E-state index >= 15 is 0 Å². The first-order chi connectivity index (χ1) is 13.3. The highest BCUT2D eigenvalue weighted by molar-refractivity contribution is 7.89. The minimum absolute atomic E-state index is 0.127. The number of anilines is 1. The molecule has 0 unspecified atom stereocenters. The summed E-state index contributed by atoms with van der Waals surface area (Å²) in [7, 11) is -0.305. The topological polar surface area (TPSA) is 79.0 Å². The molecule has 0 bridgehead atoms. The number of nitrogens with one attached hydrogen (secondary N) is 1. The van der Waals surface area contributed by atoms with Crippen LogP contribution in [0.1, 0.15) is 18.5 Å². The SMILES string of the molecule is COc1ccc(S(=O)(=O)N2CCN(C)C[C@@H]2c2ccccc2)cc1NC(C)=O. The number of sulfonamides is 1. The molecule has 3 rings (SSSR count). The van der Waals surface area contributed by atoms with Crippen molar-refractivity contribution >= 4 is 21.6 Å². The fraction of sp³-hybridized carbons (Fsp3) is 0.350. The molecule has 1 atom stereocenters. The summed E-state index contributed by atoms with van der Waals surface area (Å²) in [5, 5.41) is 2.63. The third-order valence-corrected chi connectivity index (χ3v) is 6.71. The van der Waals surface area contributed by atoms with Crippen LogP contribution in [0.5, 0.6) is 5.75 Å². The minimum Gasteiger partial charge on any atom is -0.495 e. The van der Waals surface area contributed by atoms with E-state index in [0.29, 0.717) is 31.1 Å². The summed E-state index contributed by atoms with van der Waals surface area (Å²) in [4.78, 5) is 13.7. The maximum atomic E-state index is 13.5. The molecule has 0 spiro atoms. The monoisotopic (exact) mass is 403 g/mol. The van der Waals surface area contributed by atoms with Gasteiger partial charge in [0.05, 0.1) is 23.7 Å². The largest absolute Gasteiger partial charge is 0.495 e. The van der Waals surface area contributed by atoms with E-state index in [1.165, 1.54) is 26.2 Å². The number of amides is 1. The van der Waals surface area contributed by atoms with Crippen LogP contribution in [0.25, 0.3) is 0 Å². The summed E-state index contributed by atoms with van der Waals surface area (Å²) in [6.45, 7) is 3.02. The van der Waals surface area contributed by atoms with Crippen LogP contribution in [0.2, 0.25) is 0 Å². The molecule has 1 amide bonds. The second kappa shape index (κ2) is 8.30. The molecule has 2 aromatic carbocycles. The van der Waals surface area contributed by atoms with Crippen LogP contribution < -0.4 is 10.1 Å². The van der Waals surface area contributed by atoms with Gasteiger partial charge in [-0.15, -0.1) is 0 Å². The Labute approximate surface area is 166 Å². The third kappa shape index (κ3) is 4.19. The van der Waals surface area contributed by atoms with Crippen LogP contribution >= 0.6 is 0 Å². The fourth-order valence-corrected chi connectivity index (χ4v) is 5.03. The molecule has 28 heavy (non-hydrogen) atoms. The molecule has 1 aliphatic heterocycles. The lowest BCUT2D eigenvalue weighted by Gasteiger charge is -2.39. The molecule has 7 nitrogen and oxygen atoms in total. The smallest absolute Gasteiger partial charge is 0.243 e. The lowest BCUT2D eigenvalue weighted by Crippen LogP contribution is -2.49. The summed E-state index contributed by atoms with van der Waals surface area (Å²) >= 11 is 0. The van der Waals surface area contributed by atoms with Crippen LogP contribution in [0.3, 0.4) is 0 Å². The molecule has 150 valence electrons. The fourth-order valence-electron chi connectivity index (χ4n) is 3.41. The first-order valence-electron chi connectivity index (χ1n) is 9.04. The Morgan fingerprint density at radius 3 is 2.50 bits per heavy atom. The molecule has 0 aliphatic carbocycles. The van der Waals surface area contributed by atoms with Crippen LogP contribution in [-0.2, 0) is 14.8 Å². The Kier molecular flexibility index (Phi) is 6.02. The van der Waals surface area contributed by atoms with Gasteiger partial charge in [0.2, 0.25) is 15.9 Å². The van der Waals surface area contributed by atoms with Gasteiger partial charge in [-0.25, -0.2) is 8.42 Å². The molecule has 8 heteroatoms. The quantitative estimate of drug-likeness (QED) is 0.829. The van der Waals surface area contributed by atoms with E-state index in [-0.39, 0.29) is 16.8 Å². The van der Waals surface area contributed by atoms with E-state index in [2.05, 4.69) is 10.2 Å². The van der Waals surface area contributed by atoms with E-state index in [9.17, 15) is 13.2 Å². The molecule has 1 heterocycles. The summed E-state index contributed by atoms with van der Waals surface area (Å²) in [5.74, 6) is 0.113. The molecule has 0 radical (unpaired) electrons. The molecule has 1 saturated heterocycles. The second-order valence-corrected chi connectivity index (χ2v) is 8.74. The minimum atomic E-state index is -3.77. The Balaban J connectivity index is 2.01. The predicted molar refractivity (Wildman–Crippen MR) is 108 cm³/mol. The van der Waals surface area contributed by atoms with Crippen molar-refractivity contribution < 1.29 is 17.9 Å². The number of carbonyl (C=O) groups is 1. The Bertz CT molecular complexity index is 947. The summed E-state index contributed by atoms with van der Waals surface area (Å²) < 4.78 is 33.7. The number of benzene rings is 2. The normalized spacial score (nSPS) is 18.6. The highest BCUT2D eigenvalue weighted by Crippen LogP contribution is 2.34. The van der Waals surface area contributed by atoms with Crippen molar-refractivity contribution in [2.75, 3.05) is 39.1 Å². The Morgan fingerprint density at radius 2 is 1.86 bits per heavy atom. The van der Waals surface area contributed by atoms with Crippen molar-refractivity contribution in [1.29, 1.82) is 0 Å². The zero-order valence-corrected chi connectivity index (χ0v) is 17.1. The van der Waals surface area contributed by atoms with Crippen molar-refractivity contribution in [3.8, 4) is 5.75 Å². The van der Waals surface area contributed by atoms with Gasteiger partial charge in [-0.2, -0.15) is 4.31 Å².